The first-order valence-corrected chi connectivity index (χ1v) is 11.8. The van der Waals surface area contributed by atoms with E-state index in [0.29, 0.717) is 5.75 Å². The first-order valence-electron chi connectivity index (χ1n) is 9.23. The molecule has 4 rings (SSSR count). The number of carbonyl (C=O) groups excluding carboxylic acids is 1. The number of fused-ring (bicyclic) bond motifs is 2. The van der Waals surface area contributed by atoms with E-state index < -0.39 is 0 Å². The van der Waals surface area contributed by atoms with Crippen LogP contribution in [-0.4, -0.2) is 26.6 Å². The van der Waals surface area contributed by atoms with Crippen LogP contribution in [0.1, 0.15) is 46.6 Å². The Labute approximate surface area is 171 Å². The number of hydrogen-bond acceptors (Lipinski definition) is 7. The van der Waals surface area contributed by atoms with Crippen LogP contribution in [0.15, 0.2) is 5.03 Å². The average molecular weight is 419 g/mol. The Morgan fingerprint density at radius 2 is 1.96 bits per heavy atom. The Balaban J connectivity index is 1.49. The van der Waals surface area contributed by atoms with Gasteiger partial charge < -0.3 is 5.32 Å². The first-order chi connectivity index (χ1) is 13.0. The third-order valence-corrected chi connectivity index (χ3v) is 7.94. The summed E-state index contributed by atoms with van der Waals surface area (Å²) in [5.74, 6) is 1.13. The van der Waals surface area contributed by atoms with Crippen molar-refractivity contribution < 1.29 is 4.79 Å². The van der Waals surface area contributed by atoms with Crippen LogP contribution in [0.3, 0.4) is 0 Å². The number of anilines is 1. The largest absolute Gasteiger partial charge is 0.301 e. The van der Waals surface area contributed by atoms with Crippen LogP contribution >= 0.6 is 34.4 Å². The Morgan fingerprint density at radius 3 is 2.74 bits per heavy atom. The Hall–Kier alpha value is -1.51. The predicted molar refractivity (Wildman–Crippen MR) is 114 cm³/mol. The van der Waals surface area contributed by atoms with Crippen molar-refractivity contribution in [3.8, 4) is 0 Å². The molecule has 3 aromatic heterocycles. The maximum Gasteiger partial charge on any atom is 0.236 e. The summed E-state index contributed by atoms with van der Waals surface area (Å²) < 4.78 is 0. The number of rotatable bonds is 5. The lowest BCUT2D eigenvalue weighted by Crippen LogP contribution is -2.14. The first kappa shape index (κ1) is 18.8. The highest BCUT2D eigenvalue weighted by atomic mass is 32.2. The number of nitrogens with one attached hydrogen (secondary N) is 1. The molecule has 0 aliphatic heterocycles. The van der Waals surface area contributed by atoms with Gasteiger partial charge in [-0.1, -0.05) is 18.7 Å². The molecule has 3 aromatic rings. The van der Waals surface area contributed by atoms with Gasteiger partial charge in [-0.2, -0.15) is 0 Å². The molecule has 8 heteroatoms. The molecule has 0 fully saturated rings. The molecular weight excluding hydrogens is 396 g/mol. The lowest BCUT2D eigenvalue weighted by atomic mass is 10.0. The smallest absolute Gasteiger partial charge is 0.236 e. The minimum Gasteiger partial charge on any atom is -0.301 e. The topological polar surface area (TPSA) is 67.8 Å². The number of carbonyl (C=O) groups is 1. The maximum atomic E-state index is 12.5. The molecule has 1 aliphatic carbocycles. The van der Waals surface area contributed by atoms with Gasteiger partial charge in [-0.05, 0) is 45.1 Å². The average Bonchev–Trinajstić information content (AvgIpc) is 3.19. The third kappa shape index (κ3) is 3.88. The van der Waals surface area contributed by atoms with Gasteiger partial charge in [0.25, 0.3) is 0 Å². The molecule has 0 saturated carbocycles. The molecule has 1 amide bonds. The van der Waals surface area contributed by atoms with E-state index in [1.54, 1.807) is 22.7 Å². The second kappa shape index (κ2) is 7.85. The second-order valence-electron chi connectivity index (χ2n) is 6.69. The fourth-order valence-electron chi connectivity index (χ4n) is 3.21. The molecule has 0 aromatic carbocycles. The zero-order valence-electron chi connectivity index (χ0n) is 15.7. The van der Waals surface area contributed by atoms with E-state index in [2.05, 4.69) is 36.1 Å². The number of aromatic nitrogens is 3. The maximum absolute atomic E-state index is 12.5. The van der Waals surface area contributed by atoms with E-state index in [0.717, 1.165) is 45.5 Å². The minimum absolute atomic E-state index is 0.0273. The fourth-order valence-corrected chi connectivity index (χ4v) is 6.29. The van der Waals surface area contributed by atoms with E-state index in [-0.39, 0.29) is 5.91 Å². The van der Waals surface area contributed by atoms with Gasteiger partial charge in [0.05, 0.1) is 11.4 Å². The van der Waals surface area contributed by atoms with Crippen molar-refractivity contribution in [1.82, 2.24) is 15.0 Å². The summed E-state index contributed by atoms with van der Waals surface area (Å²) in [6.45, 7) is 6.27. The summed E-state index contributed by atoms with van der Waals surface area (Å²) >= 11 is 4.81. The summed E-state index contributed by atoms with van der Waals surface area (Å²) in [4.78, 5) is 30.0. The zero-order chi connectivity index (χ0) is 19.0. The van der Waals surface area contributed by atoms with Gasteiger partial charge in [-0.15, -0.1) is 22.7 Å². The molecule has 1 aliphatic rings. The quantitative estimate of drug-likeness (QED) is 0.470. The van der Waals surface area contributed by atoms with Crippen molar-refractivity contribution in [2.75, 3.05) is 11.1 Å². The summed E-state index contributed by atoms with van der Waals surface area (Å²) in [6, 6.07) is 0. The van der Waals surface area contributed by atoms with Gasteiger partial charge in [0.15, 0.2) is 5.13 Å². The number of thiophene rings is 1. The van der Waals surface area contributed by atoms with Crippen molar-refractivity contribution in [2.24, 2.45) is 0 Å². The molecule has 0 unspecified atom stereocenters. The van der Waals surface area contributed by atoms with Crippen molar-refractivity contribution in [2.45, 2.75) is 57.9 Å². The molecule has 142 valence electrons. The van der Waals surface area contributed by atoms with Gasteiger partial charge in [-0.3, -0.25) is 4.79 Å². The van der Waals surface area contributed by atoms with Crippen LogP contribution in [0.2, 0.25) is 0 Å². The molecular formula is C19H22N4OS3. The van der Waals surface area contributed by atoms with E-state index in [9.17, 15) is 4.79 Å². The number of hydrogen-bond donors (Lipinski definition) is 1. The van der Waals surface area contributed by atoms with Crippen molar-refractivity contribution in [3.05, 3.63) is 26.8 Å². The standard InChI is InChI=1S/C19H22N4OS3/c1-4-14-21-17(16-10(2)11(3)26-18(16)22-14)25-9-15(24)23-19-20-12-7-5-6-8-13(12)27-19/h4-9H2,1-3H3,(H,20,23,24). The molecule has 0 saturated heterocycles. The Bertz CT molecular complexity index is 985. The monoisotopic (exact) mass is 418 g/mol. The Morgan fingerprint density at radius 1 is 1.15 bits per heavy atom. The number of thiazole rings is 1. The van der Waals surface area contributed by atoms with Crippen LogP contribution in [0.5, 0.6) is 0 Å². The molecule has 27 heavy (non-hydrogen) atoms. The van der Waals surface area contributed by atoms with Crippen molar-refractivity contribution in [1.29, 1.82) is 0 Å². The van der Waals surface area contributed by atoms with Gasteiger partial charge in [-0.25, -0.2) is 15.0 Å². The molecule has 3 heterocycles. The highest BCUT2D eigenvalue weighted by Crippen LogP contribution is 2.35. The van der Waals surface area contributed by atoms with E-state index in [1.807, 2.05) is 0 Å². The molecule has 0 atom stereocenters. The summed E-state index contributed by atoms with van der Waals surface area (Å²) in [7, 11) is 0. The number of nitrogens with zero attached hydrogens (tertiary/aromatic N) is 3. The predicted octanol–water partition coefficient (Wildman–Crippen LogP) is 4.94. The highest BCUT2D eigenvalue weighted by molar-refractivity contribution is 8.00. The van der Waals surface area contributed by atoms with Gasteiger partial charge in [0.2, 0.25) is 5.91 Å². The van der Waals surface area contributed by atoms with Crippen LogP contribution in [0, 0.1) is 13.8 Å². The highest BCUT2D eigenvalue weighted by Gasteiger charge is 2.18. The second-order valence-corrected chi connectivity index (χ2v) is 9.95. The fraction of sp³-hybridized carbons (Fsp3) is 0.474. The molecule has 5 nitrogen and oxygen atoms in total. The number of amides is 1. The van der Waals surface area contributed by atoms with Gasteiger partial charge >= 0.3 is 0 Å². The normalized spacial score (nSPS) is 13.7. The SMILES string of the molecule is CCc1nc(SCC(=O)Nc2nc3c(s2)CCCC3)c2c(C)c(C)sc2n1. The molecule has 0 spiro atoms. The van der Waals surface area contributed by atoms with Gasteiger partial charge in [0, 0.05) is 21.6 Å². The molecule has 1 N–H and O–H groups in total. The van der Waals surface area contributed by atoms with Crippen LogP contribution < -0.4 is 5.32 Å². The van der Waals surface area contributed by atoms with E-state index >= 15 is 0 Å². The summed E-state index contributed by atoms with van der Waals surface area (Å²) in [6.07, 6.45) is 5.33. The van der Waals surface area contributed by atoms with Crippen molar-refractivity contribution >= 4 is 55.7 Å². The lowest BCUT2D eigenvalue weighted by molar-refractivity contribution is -0.113. The minimum atomic E-state index is -0.0273. The molecule has 0 bridgehead atoms. The number of aryl methyl sites for hydroxylation is 5. The Kier molecular flexibility index (Phi) is 5.48. The van der Waals surface area contributed by atoms with Crippen molar-refractivity contribution in [3.63, 3.8) is 0 Å². The van der Waals surface area contributed by atoms with Crippen LogP contribution in [0.25, 0.3) is 10.2 Å². The molecule has 0 radical (unpaired) electrons. The lowest BCUT2D eigenvalue weighted by Gasteiger charge is -2.06. The van der Waals surface area contributed by atoms with Crippen LogP contribution in [-0.2, 0) is 24.1 Å². The van der Waals surface area contributed by atoms with E-state index in [4.69, 9.17) is 4.98 Å². The van der Waals surface area contributed by atoms with Gasteiger partial charge in [0.1, 0.15) is 15.7 Å². The summed E-state index contributed by atoms with van der Waals surface area (Å²) in [5.41, 5.74) is 2.39. The van der Waals surface area contributed by atoms with Crippen LogP contribution in [0.4, 0.5) is 5.13 Å². The third-order valence-electron chi connectivity index (χ3n) is 4.79. The number of thioether (sulfide) groups is 1. The summed E-state index contributed by atoms with van der Waals surface area (Å²) in [5, 5.41) is 5.71. The van der Waals surface area contributed by atoms with E-state index in [1.165, 1.54) is 45.6 Å². The zero-order valence-corrected chi connectivity index (χ0v) is 18.2.